The Balaban J connectivity index is 2.07. The first-order chi connectivity index (χ1) is 14.2. The zero-order chi connectivity index (χ0) is 21.8. The lowest BCUT2D eigenvalue weighted by Gasteiger charge is -2.18. The van der Waals surface area contributed by atoms with Crippen molar-refractivity contribution in [2.75, 3.05) is 18.0 Å². The fourth-order valence-electron chi connectivity index (χ4n) is 3.21. The van der Waals surface area contributed by atoms with E-state index >= 15 is 0 Å². The van der Waals surface area contributed by atoms with Gasteiger partial charge in [-0.25, -0.2) is 14.8 Å². The first kappa shape index (κ1) is 21.6. The van der Waals surface area contributed by atoms with Crippen LogP contribution in [-0.4, -0.2) is 51.2 Å². The molecule has 1 aliphatic rings. The highest BCUT2D eigenvalue weighted by Gasteiger charge is 2.23. The van der Waals surface area contributed by atoms with Gasteiger partial charge in [0.1, 0.15) is 11.1 Å². The number of carboxylic acid groups (broad SMARTS) is 1. The zero-order valence-electron chi connectivity index (χ0n) is 16.7. The molecule has 1 unspecified atom stereocenters. The first-order valence-electron chi connectivity index (χ1n) is 9.44. The van der Waals surface area contributed by atoms with Crippen molar-refractivity contribution in [3.63, 3.8) is 0 Å². The Kier molecular flexibility index (Phi) is 6.56. The third-order valence-corrected chi connectivity index (χ3v) is 5.66. The standard InChI is InChI=1S/C20H23N5O4S/c1-10-7-11(2)13-8-12(10)15-9-17(25-20(21)24-15)30-6-4-16(26)22-5-3-14(19(28)29)23-18(13)27/h7-9,14H,3-6H2,1-2H3,(H,22,26)(H,23,27)(H,28,29)(H2,21,24,25). The van der Waals surface area contributed by atoms with E-state index in [0.717, 1.165) is 5.56 Å². The van der Waals surface area contributed by atoms with Crippen LogP contribution in [0.15, 0.2) is 23.2 Å². The molecule has 9 nitrogen and oxygen atoms in total. The Morgan fingerprint density at radius 2 is 1.90 bits per heavy atom. The number of fused-ring (bicyclic) bond motifs is 5. The van der Waals surface area contributed by atoms with Crippen LogP contribution in [0.3, 0.4) is 0 Å². The van der Waals surface area contributed by atoms with Crippen molar-refractivity contribution in [2.24, 2.45) is 0 Å². The van der Waals surface area contributed by atoms with Gasteiger partial charge in [0, 0.05) is 29.8 Å². The third-order valence-electron chi connectivity index (χ3n) is 4.75. The van der Waals surface area contributed by atoms with E-state index in [0.29, 0.717) is 33.2 Å². The normalized spacial score (nSPS) is 17.7. The number of aromatic nitrogens is 2. The molecule has 0 saturated heterocycles. The number of carbonyl (C=O) groups excluding carboxylic acids is 2. The maximum absolute atomic E-state index is 12.9. The van der Waals surface area contributed by atoms with Crippen LogP contribution in [0.4, 0.5) is 5.95 Å². The minimum Gasteiger partial charge on any atom is -0.480 e. The van der Waals surface area contributed by atoms with Crippen molar-refractivity contribution in [3.05, 3.63) is 34.9 Å². The number of aliphatic carboxylic acids is 1. The van der Waals surface area contributed by atoms with E-state index in [1.165, 1.54) is 11.8 Å². The summed E-state index contributed by atoms with van der Waals surface area (Å²) in [5.74, 6) is -1.29. The second kappa shape index (κ2) is 9.12. The molecule has 3 rings (SSSR count). The number of anilines is 1. The number of hydrogen-bond acceptors (Lipinski definition) is 7. The molecule has 158 valence electrons. The molecule has 2 amide bonds. The SMILES string of the molecule is Cc1cc(C)c2cc1C(=O)NC(C(=O)O)CCNC(=O)CCSc1cc-2nc(N)n1. The fraction of sp³-hybridized carbons (Fsp3) is 0.350. The largest absolute Gasteiger partial charge is 0.480 e. The number of benzene rings is 1. The van der Waals surface area contributed by atoms with Crippen LogP contribution in [0, 0.1) is 13.8 Å². The highest BCUT2D eigenvalue weighted by molar-refractivity contribution is 7.99. The van der Waals surface area contributed by atoms with Gasteiger partial charge in [0.25, 0.3) is 5.91 Å². The average molecular weight is 430 g/mol. The lowest BCUT2D eigenvalue weighted by Crippen LogP contribution is -2.43. The van der Waals surface area contributed by atoms with Gasteiger partial charge < -0.3 is 21.5 Å². The van der Waals surface area contributed by atoms with Gasteiger partial charge in [-0.05, 0) is 43.5 Å². The molecular formula is C20H23N5O4S. The summed E-state index contributed by atoms with van der Waals surface area (Å²) in [5, 5.41) is 15.3. The van der Waals surface area contributed by atoms with E-state index in [4.69, 9.17) is 5.73 Å². The monoisotopic (exact) mass is 429 g/mol. The third kappa shape index (κ3) is 5.07. The molecule has 1 atom stereocenters. The number of nitrogens with two attached hydrogens (primary N) is 1. The maximum atomic E-state index is 12.9. The van der Waals surface area contributed by atoms with E-state index in [1.807, 2.05) is 13.0 Å². The molecule has 0 fully saturated rings. The second-order valence-electron chi connectivity index (χ2n) is 7.03. The van der Waals surface area contributed by atoms with Crippen molar-refractivity contribution in [3.8, 4) is 11.3 Å². The summed E-state index contributed by atoms with van der Waals surface area (Å²) in [6, 6.07) is 4.20. The Labute approximate surface area is 177 Å². The molecule has 30 heavy (non-hydrogen) atoms. The molecule has 4 bridgehead atoms. The van der Waals surface area contributed by atoms with Crippen LogP contribution < -0.4 is 16.4 Å². The van der Waals surface area contributed by atoms with Crippen LogP contribution in [0.1, 0.15) is 34.3 Å². The van der Waals surface area contributed by atoms with E-state index in [9.17, 15) is 19.5 Å². The van der Waals surface area contributed by atoms with Crippen LogP contribution in [0.25, 0.3) is 11.3 Å². The number of thioether (sulfide) groups is 1. The van der Waals surface area contributed by atoms with Crippen molar-refractivity contribution < 1.29 is 19.5 Å². The predicted octanol–water partition coefficient (Wildman–Crippen LogP) is 1.53. The number of rotatable bonds is 1. The number of carboxylic acids is 1. The van der Waals surface area contributed by atoms with Gasteiger partial charge in [0.05, 0.1) is 5.69 Å². The molecule has 10 heteroatoms. The van der Waals surface area contributed by atoms with E-state index in [1.54, 1.807) is 19.1 Å². The van der Waals surface area contributed by atoms with Crippen molar-refractivity contribution in [1.29, 1.82) is 0 Å². The van der Waals surface area contributed by atoms with Crippen molar-refractivity contribution >= 4 is 35.5 Å². The number of amides is 2. The number of aryl methyl sites for hydroxylation is 2. The molecule has 5 N–H and O–H groups in total. The van der Waals surface area contributed by atoms with Gasteiger partial charge in [0.15, 0.2) is 0 Å². The van der Waals surface area contributed by atoms with E-state index < -0.39 is 17.9 Å². The number of carbonyl (C=O) groups is 3. The van der Waals surface area contributed by atoms with Crippen LogP contribution >= 0.6 is 11.8 Å². The first-order valence-corrected chi connectivity index (χ1v) is 10.4. The molecule has 1 aromatic heterocycles. The summed E-state index contributed by atoms with van der Waals surface area (Å²) in [6.45, 7) is 3.83. The topological polar surface area (TPSA) is 147 Å². The molecule has 1 aromatic carbocycles. The number of nitrogens with zero attached hydrogens (tertiary/aromatic N) is 2. The summed E-state index contributed by atoms with van der Waals surface area (Å²) in [4.78, 5) is 45.0. The van der Waals surface area contributed by atoms with Gasteiger partial charge in [-0.1, -0.05) is 6.07 Å². The smallest absolute Gasteiger partial charge is 0.326 e. The Morgan fingerprint density at radius 1 is 1.17 bits per heavy atom. The molecule has 0 aliphatic carbocycles. The number of nitrogens with one attached hydrogen (secondary N) is 2. The number of hydrogen-bond donors (Lipinski definition) is 4. The number of nitrogen functional groups attached to an aromatic ring is 1. The van der Waals surface area contributed by atoms with E-state index in [2.05, 4.69) is 20.6 Å². The van der Waals surface area contributed by atoms with Crippen molar-refractivity contribution in [2.45, 2.75) is 37.8 Å². The summed E-state index contributed by atoms with van der Waals surface area (Å²) in [6.07, 6.45) is 0.318. The van der Waals surface area contributed by atoms with Crippen molar-refractivity contribution in [1.82, 2.24) is 20.6 Å². The summed E-state index contributed by atoms with van der Waals surface area (Å²) in [7, 11) is 0. The molecule has 0 radical (unpaired) electrons. The lowest BCUT2D eigenvalue weighted by atomic mass is 9.97. The minimum atomic E-state index is -1.16. The van der Waals surface area contributed by atoms with Gasteiger partial charge >= 0.3 is 5.97 Å². The van der Waals surface area contributed by atoms with Gasteiger partial charge in [-0.15, -0.1) is 11.8 Å². The van der Waals surface area contributed by atoms with Gasteiger partial charge in [-0.2, -0.15) is 0 Å². The van der Waals surface area contributed by atoms with Crippen LogP contribution in [-0.2, 0) is 9.59 Å². The predicted molar refractivity (Wildman–Crippen MR) is 113 cm³/mol. The van der Waals surface area contributed by atoms with Gasteiger partial charge in [0.2, 0.25) is 11.9 Å². The summed E-state index contributed by atoms with van der Waals surface area (Å²) >= 11 is 1.38. The maximum Gasteiger partial charge on any atom is 0.326 e. The van der Waals surface area contributed by atoms with E-state index in [-0.39, 0.29) is 31.2 Å². The minimum absolute atomic E-state index is 0.0798. The molecule has 2 heterocycles. The fourth-order valence-corrected chi connectivity index (χ4v) is 4.06. The highest BCUT2D eigenvalue weighted by Crippen LogP contribution is 2.29. The summed E-state index contributed by atoms with van der Waals surface area (Å²) in [5.41, 5.74) is 9.11. The Morgan fingerprint density at radius 3 is 2.63 bits per heavy atom. The second-order valence-corrected chi connectivity index (χ2v) is 8.15. The quantitative estimate of drug-likeness (QED) is 0.499. The molecule has 1 aliphatic heterocycles. The Hall–Kier alpha value is -3.14. The molecular weight excluding hydrogens is 406 g/mol. The Bertz CT molecular complexity index is 1010. The van der Waals surface area contributed by atoms with Crippen LogP contribution in [0.2, 0.25) is 0 Å². The zero-order valence-corrected chi connectivity index (χ0v) is 17.5. The lowest BCUT2D eigenvalue weighted by molar-refractivity contribution is -0.139. The molecule has 0 saturated carbocycles. The van der Waals surface area contributed by atoms with Crippen LogP contribution in [0.5, 0.6) is 0 Å². The average Bonchev–Trinajstić information content (AvgIpc) is 2.65. The highest BCUT2D eigenvalue weighted by atomic mass is 32.2. The summed E-state index contributed by atoms with van der Waals surface area (Å²) < 4.78 is 0. The molecule has 0 spiro atoms. The van der Waals surface area contributed by atoms with Gasteiger partial charge in [-0.3, -0.25) is 9.59 Å². The molecule has 2 aromatic rings.